The smallest absolute Gasteiger partial charge is 0.338 e. The van der Waals surface area contributed by atoms with Crippen LogP contribution in [0, 0.1) is 0 Å². The van der Waals surface area contributed by atoms with Gasteiger partial charge in [0.1, 0.15) is 5.71 Å². The lowest BCUT2D eigenvalue weighted by Crippen LogP contribution is -2.37. The zero-order valence-corrected chi connectivity index (χ0v) is 8.38. The molecule has 0 fully saturated rings. The van der Waals surface area contributed by atoms with Crippen molar-refractivity contribution < 1.29 is 9.53 Å². The first kappa shape index (κ1) is 8.96. The summed E-state index contributed by atoms with van der Waals surface area (Å²) in [5.41, 5.74) is 7.82. The second-order valence-electron chi connectivity index (χ2n) is 3.56. The third-order valence-electron chi connectivity index (χ3n) is 2.55. The summed E-state index contributed by atoms with van der Waals surface area (Å²) in [5.74, 6) is 0.693. The van der Waals surface area contributed by atoms with Crippen molar-refractivity contribution in [1.29, 1.82) is 0 Å². The van der Waals surface area contributed by atoms with Gasteiger partial charge in [-0.15, -0.1) is 0 Å². The number of urea groups is 1. The largest absolute Gasteiger partial charge is 0.469 e. The predicted molar refractivity (Wildman–Crippen MR) is 58.3 cm³/mol. The number of hydrazone groups is 1. The first-order valence-electron chi connectivity index (χ1n) is 4.85. The maximum atomic E-state index is 11.0. The second-order valence-corrected chi connectivity index (χ2v) is 3.56. The lowest BCUT2D eigenvalue weighted by Gasteiger charge is -2.22. The van der Waals surface area contributed by atoms with Crippen LogP contribution in [0.4, 0.5) is 4.79 Å². The molecular formula is C11H9N3O2. The normalized spacial score (nSPS) is 16.9. The molecule has 0 saturated carbocycles. The van der Waals surface area contributed by atoms with Crippen LogP contribution < -0.4 is 5.73 Å². The molecule has 80 valence electrons. The Hall–Kier alpha value is -2.30. The number of benzene rings is 1. The molecule has 0 aromatic heterocycles. The quantitative estimate of drug-likeness (QED) is 0.704. The molecule has 2 amide bonds. The minimum Gasteiger partial charge on any atom is -0.469 e. The SMILES string of the molecule is NC(=O)N1COC2=Cc3ccccc3C2=N1. The number of fused-ring (bicyclic) bond motifs is 3. The van der Waals surface area contributed by atoms with Crippen molar-refractivity contribution in [3.05, 3.63) is 41.2 Å². The Balaban J connectivity index is 2.10. The van der Waals surface area contributed by atoms with E-state index in [1.807, 2.05) is 30.3 Å². The van der Waals surface area contributed by atoms with Crippen molar-refractivity contribution >= 4 is 17.8 Å². The highest BCUT2D eigenvalue weighted by Gasteiger charge is 2.28. The number of amides is 2. The first-order chi connectivity index (χ1) is 7.75. The van der Waals surface area contributed by atoms with Gasteiger partial charge < -0.3 is 10.5 Å². The predicted octanol–water partition coefficient (Wildman–Crippen LogP) is 1.11. The van der Waals surface area contributed by atoms with Crippen molar-refractivity contribution in [3.63, 3.8) is 0 Å². The van der Waals surface area contributed by atoms with E-state index in [9.17, 15) is 4.79 Å². The van der Waals surface area contributed by atoms with E-state index in [0.717, 1.165) is 16.1 Å². The van der Waals surface area contributed by atoms with Crippen LogP contribution in [0.25, 0.3) is 6.08 Å². The van der Waals surface area contributed by atoms with Gasteiger partial charge in [-0.25, -0.2) is 4.79 Å². The maximum Gasteiger partial charge on any atom is 0.338 e. The number of hydrogen-bond donors (Lipinski definition) is 1. The van der Waals surface area contributed by atoms with E-state index in [4.69, 9.17) is 10.5 Å². The van der Waals surface area contributed by atoms with Crippen LogP contribution in [-0.2, 0) is 4.74 Å². The number of ether oxygens (including phenoxy) is 1. The molecule has 5 nitrogen and oxygen atoms in total. The minimum absolute atomic E-state index is 0.0681. The van der Waals surface area contributed by atoms with Gasteiger partial charge in [-0.2, -0.15) is 10.1 Å². The fourth-order valence-electron chi connectivity index (χ4n) is 1.79. The van der Waals surface area contributed by atoms with Gasteiger partial charge in [0, 0.05) is 5.56 Å². The Labute approximate surface area is 91.8 Å². The Bertz CT molecular complexity index is 534. The van der Waals surface area contributed by atoms with Gasteiger partial charge in [0.05, 0.1) is 0 Å². The molecule has 0 spiro atoms. The van der Waals surface area contributed by atoms with Crippen molar-refractivity contribution in [1.82, 2.24) is 5.01 Å². The van der Waals surface area contributed by atoms with Gasteiger partial charge in [-0.05, 0) is 11.6 Å². The molecule has 2 N–H and O–H groups in total. The summed E-state index contributed by atoms with van der Waals surface area (Å²) in [7, 11) is 0. The summed E-state index contributed by atoms with van der Waals surface area (Å²) in [6.45, 7) is 0.0681. The first-order valence-corrected chi connectivity index (χ1v) is 4.85. The molecule has 0 unspecified atom stereocenters. The molecule has 0 saturated heterocycles. The Morgan fingerprint density at radius 1 is 1.44 bits per heavy atom. The Morgan fingerprint density at radius 3 is 3.06 bits per heavy atom. The summed E-state index contributed by atoms with van der Waals surface area (Å²) in [6.07, 6.45) is 1.91. The molecule has 1 aromatic carbocycles. The van der Waals surface area contributed by atoms with Gasteiger partial charge in [-0.1, -0.05) is 24.3 Å². The van der Waals surface area contributed by atoms with Gasteiger partial charge >= 0.3 is 6.03 Å². The fourth-order valence-corrected chi connectivity index (χ4v) is 1.79. The van der Waals surface area contributed by atoms with E-state index in [0.29, 0.717) is 11.5 Å². The molecule has 16 heavy (non-hydrogen) atoms. The van der Waals surface area contributed by atoms with E-state index < -0.39 is 6.03 Å². The summed E-state index contributed by atoms with van der Waals surface area (Å²) in [5, 5.41) is 5.27. The van der Waals surface area contributed by atoms with Crippen LogP contribution in [0.1, 0.15) is 11.1 Å². The number of rotatable bonds is 0. The third-order valence-corrected chi connectivity index (χ3v) is 2.55. The van der Waals surface area contributed by atoms with E-state index in [1.54, 1.807) is 0 Å². The Morgan fingerprint density at radius 2 is 2.25 bits per heavy atom. The number of hydrogen-bond acceptors (Lipinski definition) is 3. The highest BCUT2D eigenvalue weighted by Crippen LogP contribution is 2.28. The molecule has 0 bridgehead atoms. The van der Waals surface area contributed by atoms with Crippen LogP contribution in [0.2, 0.25) is 0 Å². The topological polar surface area (TPSA) is 67.9 Å². The molecule has 1 aromatic rings. The lowest BCUT2D eigenvalue weighted by atomic mass is 10.1. The fraction of sp³-hybridized carbons (Fsp3) is 0.0909. The average Bonchev–Trinajstić information content (AvgIpc) is 2.66. The molecule has 0 radical (unpaired) electrons. The molecule has 2 aliphatic rings. The Kier molecular flexibility index (Phi) is 1.73. The highest BCUT2D eigenvalue weighted by molar-refractivity contribution is 6.20. The van der Waals surface area contributed by atoms with E-state index in [2.05, 4.69) is 5.10 Å². The molecule has 0 atom stereocenters. The molecule has 3 rings (SSSR count). The van der Waals surface area contributed by atoms with Gasteiger partial charge in [-0.3, -0.25) is 0 Å². The van der Waals surface area contributed by atoms with Crippen molar-refractivity contribution in [3.8, 4) is 0 Å². The number of carbonyl (C=O) groups excluding carboxylic acids is 1. The monoisotopic (exact) mass is 215 g/mol. The second kappa shape index (κ2) is 3.10. The zero-order valence-electron chi connectivity index (χ0n) is 8.38. The van der Waals surface area contributed by atoms with Crippen LogP contribution >= 0.6 is 0 Å². The molecular weight excluding hydrogens is 206 g/mol. The van der Waals surface area contributed by atoms with Crippen LogP contribution in [-0.4, -0.2) is 23.5 Å². The lowest BCUT2D eigenvalue weighted by molar-refractivity contribution is 0.0962. The average molecular weight is 215 g/mol. The summed E-state index contributed by atoms with van der Waals surface area (Å²) in [4.78, 5) is 11.0. The molecule has 1 aliphatic carbocycles. The van der Waals surface area contributed by atoms with E-state index in [-0.39, 0.29) is 6.73 Å². The highest BCUT2D eigenvalue weighted by atomic mass is 16.5. The van der Waals surface area contributed by atoms with Crippen molar-refractivity contribution in [2.45, 2.75) is 0 Å². The van der Waals surface area contributed by atoms with Gasteiger partial charge in [0.15, 0.2) is 12.5 Å². The standard InChI is InChI=1S/C11H9N3O2/c12-11(15)14-6-16-9-5-7-3-1-2-4-8(7)10(9)13-14/h1-5H,6H2,(H2,12,15). The number of nitrogens with two attached hydrogens (primary N) is 1. The molecule has 1 heterocycles. The number of carbonyl (C=O) groups is 1. The number of primary amides is 1. The van der Waals surface area contributed by atoms with Gasteiger partial charge in [0.2, 0.25) is 0 Å². The van der Waals surface area contributed by atoms with Crippen LogP contribution in [0.3, 0.4) is 0 Å². The zero-order chi connectivity index (χ0) is 11.1. The summed E-state index contributed by atoms with van der Waals surface area (Å²) < 4.78 is 5.41. The molecule has 5 heteroatoms. The third kappa shape index (κ3) is 1.18. The summed E-state index contributed by atoms with van der Waals surface area (Å²) >= 11 is 0. The van der Waals surface area contributed by atoms with Crippen molar-refractivity contribution in [2.24, 2.45) is 10.8 Å². The minimum atomic E-state index is -0.615. The van der Waals surface area contributed by atoms with Crippen LogP contribution in [0.15, 0.2) is 35.1 Å². The van der Waals surface area contributed by atoms with Gasteiger partial charge in [0.25, 0.3) is 0 Å². The maximum absolute atomic E-state index is 11.0. The number of nitrogens with zero attached hydrogens (tertiary/aromatic N) is 2. The summed E-state index contributed by atoms with van der Waals surface area (Å²) in [6, 6.07) is 7.16. The molecule has 1 aliphatic heterocycles. The van der Waals surface area contributed by atoms with Crippen molar-refractivity contribution in [2.75, 3.05) is 6.73 Å². The van der Waals surface area contributed by atoms with Crippen LogP contribution in [0.5, 0.6) is 0 Å². The van der Waals surface area contributed by atoms with E-state index >= 15 is 0 Å². The number of allylic oxidation sites excluding steroid dienone is 1. The van der Waals surface area contributed by atoms with E-state index in [1.165, 1.54) is 0 Å².